The van der Waals surface area contributed by atoms with Gasteiger partial charge in [0.2, 0.25) is 0 Å². The molecule has 0 saturated heterocycles. The normalized spacial score (nSPS) is 10.6. The molecule has 0 aliphatic carbocycles. The number of halogens is 1. The summed E-state index contributed by atoms with van der Waals surface area (Å²) in [5.41, 5.74) is 1.27. The van der Waals surface area contributed by atoms with Crippen molar-refractivity contribution in [3.05, 3.63) is 16.4 Å². The largest absolute Gasteiger partial charge is 0.319 e. The van der Waals surface area contributed by atoms with Gasteiger partial charge in [0.25, 0.3) is 0 Å². The Labute approximate surface area is 81.3 Å². The molecule has 68 valence electrons. The number of nitrogens with one attached hydrogen (secondary N) is 1. The van der Waals surface area contributed by atoms with Crippen LogP contribution in [0.1, 0.15) is 12.5 Å². The first-order chi connectivity index (χ1) is 5.79. The highest BCUT2D eigenvalue weighted by Gasteiger charge is 2.04. The van der Waals surface area contributed by atoms with Gasteiger partial charge in [0, 0.05) is 12.1 Å². The average molecular weight is 232 g/mol. The van der Waals surface area contributed by atoms with Gasteiger partial charge >= 0.3 is 0 Å². The molecule has 4 heteroatoms. The van der Waals surface area contributed by atoms with Crippen LogP contribution in [0.5, 0.6) is 0 Å². The Kier molecular flexibility index (Phi) is 3.75. The van der Waals surface area contributed by atoms with Crippen LogP contribution in [0.25, 0.3) is 0 Å². The molecule has 0 aromatic carbocycles. The van der Waals surface area contributed by atoms with E-state index in [-0.39, 0.29) is 0 Å². The maximum Gasteiger partial charge on any atom is 0.107 e. The summed E-state index contributed by atoms with van der Waals surface area (Å²) in [6, 6.07) is 0. The summed E-state index contributed by atoms with van der Waals surface area (Å²) in [6.45, 7) is 3.99. The number of likely N-dealkylation sites (N-methyl/N-ethyl adjacent to an activating group) is 1. The van der Waals surface area contributed by atoms with Crippen molar-refractivity contribution in [3.63, 3.8) is 0 Å². The lowest BCUT2D eigenvalue weighted by Gasteiger charge is -1.99. The Morgan fingerprint density at radius 1 is 1.67 bits per heavy atom. The molecule has 3 nitrogen and oxygen atoms in total. The lowest BCUT2D eigenvalue weighted by molar-refractivity contribution is 0.643. The van der Waals surface area contributed by atoms with E-state index in [1.54, 1.807) is 0 Å². The van der Waals surface area contributed by atoms with Crippen molar-refractivity contribution in [2.24, 2.45) is 0 Å². The van der Waals surface area contributed by atoms with Crippen LogP contribution in [0, 0.1) is 0 Å². The molecule has 0 fully saturated rings. The van der Waals surface area contributed by atoms with Gasteiger partial charge in [0.1, 0.15) is 4.60 Å². The molecule has 0 bridgehead atoms. The minimum atomic E-state index is 0.917. The standard InChI is InChI=1S/C8H14BrN3/c1-3-12-8(9)7(6-11-12)4-5-10-2/h6,10H,3-5H2,1-2H3. The van der Waals surface area contributed by atoms with Crippen LogP contribution in [0.4, 0.5) is 0 Å². The topological polar surface area (TPSA) is 29.9 Å². The maximum absolute atomic E-state index is 4.23. The molecule has 0 saturated carbocycles. The third-order valence-electron chi connectivity index (χ3n) is 1.79. The Balaban J connectivity index is 2.66. The molecule has 0 unspecified atom stereocenters. The molecule has 0 atom stereocenters. The fourth-order valence-corrected chi connectivity index (χ4v) is 1.70. The van der Waals surface area contributed by atoms with E-state index in [0.29, 0.717) is 0 Å². The second-order valence-electron chi connectivity index (χ2n) is 2.63. The van der Waals surface area contributed by atoms with Gasteiger partial charge in [-0.1, -0.05) is 0 Å². The number of aromatic nitrogens is 2. The Bertz CT molecular complexity index is 244. The SMILES string of the molecule is CCn1ncc(CCNC)c1Br. The Hall–Kier alpha value is -0.350. The van der Waals surface area contributed by atoms with Crippen LogP contribution >= 0.6 is 15.9 Å². The third kappa shape index (κ3) is 2.08. The molecule has 0 aliphatic rings. The molecule has 1 heterocycles. The minimum absolute atomic E-state index is 0.917. The molecule has 1 rings (SSSR count). The smallest absolute Gasteiger partial charge is 0.107 e. The average Bonchev–Trinajstić information content (AvgIpc) is 2.43. The summed E-state index contributed by atoms with van der Waals surface area (Å²) >= 11 is 3.51. The second kappa shape index (κ2) is 4.62. The quantitative estimate of drug-likeness (QED) is 0.850. The summed E-state index contributed by atoms with van der Waals surface area (Å²) in [5.74, 6) is 0. The van der Waals surface area contributed by atoms with Crippen molar-refractivity contribution < 1.29 is 0 Å². The highest BCUT2D eigenvalue weighted by atomic mass is 79.9. The molecule has 0 amide bonds. The predicted molar refractivity (Wildman–Crippen MR) is 53.2 cm³/mol. The van der Waals surface area contributed by atoms with Gasteiger partial charge in [-0.2, -0.15) is 5.10 Å². The van der Waals surface area contributed by atoms with Gasteiger partial charge in [-0.05, 0) is 42.9 Å². The Morgan fingerprint density at radius 2 is 2.42 bits per heavy atom. The second-order valence-corrected chi connectivity index (χ2v) is 3.38. The van der Waals surface area contributed by atoms with E-state index in [1.807, 2.05) is 17.9 Å². The number of aryl methyl sites for hydroxylation is 1. The first-order valence-electron chi connectivity index (χ1n) is 4.14. The van der Waals surface area contributed by atoms with Crippen LogP contribution in [0.2, 0.25) is 0 Å². The van der Waals surface area contributed by atoms with Gasteiger partial charge < -0.3 is 5.32 Å². The van der Waals surface area contributed by atoms with E-state index in [9.17, 15) is 0 Å². The summed E-state index contributed by atoms with van der Waals surface area (Å²) in [4.78, 5) is 0. The van der Waals surface area contributed by atoms with E-state index in [4.69, 9.17) is 0 Å². The summed E-state index contributed by atoms with van der Waals surface area (Å²) in [6.07, 6.45) is 2.95. The fourth-order valence-electron chi connectivity index (χ4n) is 1.06. The highest BCUT2D eigenvalue weighted by Crippen LogP contribution is 2.16. The molecule has 0 spiro atoms. The van der Waals surface area contributed by atoms with Crippen LogP contribution in [-0.4, -0.2) is 23.4 Å². The highest BCUT2D eigenvalue weighted by molar-refractivity contribution is 9.10. The molecule has 1 aromatic heterocycles. The van der Waals surface area contributed by atoms with Crippen LogP contribution in [0.3, 0.4) is 0 Å². The summed E-state index contributed by atoms with van der Waals surface area (Å²) in [7, 11) is 1.96. The lowest BCUT2D eigenvalue weighted by atomic mass is 10.2. The first kappa shape index (κ1) is 9.74. The van der Waals surface area contributed by atoms with Crippen molar-refractivity contribution in [3.8, 4) is 0 Å². The molecular formula is C8H14BrN3. The van der Waals surface area contributed by atoms with E-state index in [1.165, 1.54) is 5.56 Å². The molecule has 1 N–H and O–H groups in total. The molecule has 0 radical (unpaired) electrons. The zero-order valence-corrected chi connectivity index (χ0v) is 9.06. The van der Waals surface area contributed by atoms with Crippen LogP contribution < -0.4 is 5.32 Å². The number of hydrogen-bond donors (Lipinski definition) is 1. The van der Waals surface area contributed by atoms with Crippen molar-refractivity contribution in [2.45, 2.75) is 19.9 Å². The number of hydrogen-bond acceptors (Lipinski definition) is 2. The molecule has 12 heavy (non-hydrogen) atoms. The molecule has 0 aliphatic heterocycles. The third-order valence-corrected chi connectivity index (χ3v) is 2.71. The van der Waals surface area contributed by atoms with Crippen molar-refractivity contribution in [1.82, 2.24) is 15.1 Å². The summed E-state index contributed by atoms with van der Waals surface area (Å²) in [5, 5.41) is 7.34. The van der Waals surface area contributed by atoms with Crippen LogP contribution in [0.15, 0.2) is 10.8 Å². The van der Waals surface area contributed by atoms with Gasteiger partial charge in [0.15, 0.2) is 0 Å². The molecular weight excluding hydrogens is 218 g/mol. The monoisotopic (exact) mass is 231 g/mol. The number of rotatable bonds is 4. The van der Waals surface area contributed by atoms with E-state index < -0.39 is 0 Å². The maximum atomic E-state index is 4.23. The first-order valence-corrected chi connectivity index (χ1v) is 4.93. The predicted octanol–water partition coefficient (Wildman–Crippen LogP) is 1.43. The lowest BCUT2D eigenvalue weighted by Crippen LogP contribution is -2.10. The summed E-state index contributed by atoms with van der Waals surface area (Å²) < 4.78 is 3.06. The molecule has 1 aromatic rings. The minimum Gasteiger partial charge on any atom is -0.319 e. The van der Waals surface area contributed by atoms with Gasteiger partial charge in [0.05, 0.1) is 6.20 Å². The van der Waals surface area contributed by atoms with E-state index >= 15 is 0 Å². The van der Waals surface area contributed by atoms with Crippen LogP contribution in [-0.2, 0) is 13.0 Å². The van der Waals surface area contributed by atoms with E-state index in [0.717, 1.165) is 24.1 Å². The van der Waals surface area contributed by atoms with Crippen molar-refractivity contribution >= 4 is 15.9 Å². The van der Waals surface area contributed by atoms with Crippen molar-refractivity contribution in [1.29, 1.82) is 0 Å². The zero-order chi connectivity index (χ0) is 8.97. The Morgan fingerprint density at radius 3 is 2.92 bits per heavy atom. The number of nitrogens with zero attached hydrogens (tertiary/aromatic N) is 2. The van der Waals surface area contributed by atoms with Gasteiger partial charge in [-0.3, -0.25) is 4.68 Å². The van der Waals surface area contributed by atoms with Gasteiger partial charge in [-0.15, -0.1) is 0 Å². The van der Waals surface area contributed by atoms with Crippen molar-refractivity contribution in [2.75, 3.05) is 13.6 Å². The van der Waals surface area contributed by atoms with E-state index in [2.05, 4.69) is 33.3 Å². The fraction of sp³-hybridized carbons (Fsp3) is 0.625. The van der Waals surface area contributed by atoms with Gasteiger partial charge in [-0.25, -0.2) is 0 Å². The zero-order valence-electron chi connectivity index (χ0n) is 7.47.